The summed E-state index contributed by atoms with van der Waals surface area (Å²) < 4.78 is 20.3. The number of ether oxygens (including phenoxy) is 1. The van der Waals surface area contributed by atoms with Gasteiger partial charge in [0, 0.05) is 0 Å². The molecule has 0 aromatic carbocycles. The maximum atomic E-state index is 12.3. The molecule has 1 rings (SSSR count). The van der Waals surface area contributed by atoms with Crippen molar-refractivity contribution < 1.29 is 13.7 Å². The molecule has 0 aliphatic heterocycles. The van der Waals surface area contributed by atoms with E-state index in [1.165, 1.54) is 0 Å². The van der Waals surface area contributed by atoms with Crippen molar-refractivity contribution >= 4 is 17.1 Å². The molecule has 0 bridgehead atoms. The van der Waals surface area contributed by atoms with Gasteiger partial charge in [-0.05, 0) is 61.3 Å². The van der Waals surface area contributed by atoms with Crippen LogP contribution in [0.15, 0.2) is 0 Å². The highest BCUT2D eigenvalue weighted by Crippen LogP contribution is 2.39. The Hall–Kier alpha value is -1.06. The zero-order valence-corrected chi connectivity index (χ0v) is 15.4. The molecular weight excluding hydrogens is 300 g/mol. The minimum atomic E-state index is -1.25. The van der Waals surface area contributed by atoms with Crippen LogP contribution in [0.25, 0.3) is 0 Å². The molecule has 0 heterocycles. The molecule has 2 unspecified atom stereocenters. The average molecular weight is 328 g/mol. The van der Waals surface area contributed by atoms with Crippen LogP contribution in [0.1, 0.15) is 61.3 Å². The van der Waals surface area contributed by atoms with Gasteiger partial charge in [-0.1, -0.05) is 5.92 Å². The van der Waals surface area contributed by atoms with Crippen LogP contribution < -0.4 is 10.0 Å². The Labute approximate surface area is 136 Å². The minimum Gasteiger partial charge on any atom is -0.444 e. The Kier molecular flexibility index (Phi) is 5.69. The summed E-state index contributed by atoms with van der Waals surface area (Å²) in [5.74, 6) is 5.89. The third kappa shape index (κ3) is 5.62. The first-order chi connectivity index (χ1) is 9.89. The molecule has 0 spiro atoms. The summed E-state index contributed by atoms with van der Waals surface area (Å²) in [5, 5.41) is 2.91. The van der Waals surface area contributed by atoms with Gasteiger partial charge in [-0.25, -0.2) is 13.7 Å². The molecule has 6 heteroatoms. The van der Waals surface area contributed by atoms with Crippen molar-refractivity contribution in [1.29, 1.82) is 0 Å². The summed E-state index contributed by atoms with van der Waals surface area (Å²) in [6, 6.07) is -0.356. The highest BCUT2D eigenvalue weighted by molar-refractivity contribution is 7.84. The van der Waals surface area contributed by atoms with Gasteiger partial charge in [0.15, 0.2) is 0 Å². The van der Waals surface area contributed by atoms with Gasteiger partial charge in [-0.15, -0.1) is 5.92 Å². The van der Waals surface area contributed by atoms with E-state index in [-0.39, 0.29) is 6.04 Å². The lowest BCUT2D eigenvalue weighted by atomic mass is 10.1. The van der Waals surface area contributed by atoms with Crippen molar-refractivity contribution in [3.8, 4) is 11.8 Å². The molecule has 2 N–H and O–H groups in total. The topological polar surface area (TPSA) is 67.4 Å². The Bertz CT molecular complexity index is 502. The summed E-state index contributed by atoms with van der Waals surface area (Å²) in [5.41, 5.74) is -1.04. The number of rotatable bonds is 4. The SMILES string of the molecule is CC#CC(NS(=O)C(C)(C)C)C1(NC(=O)OC(C)(C)C)CC1. The van der Waals surface area contributed by atoms with Crippen LogP contribution in [0.4, 0.5) is 4.79 Å². The molecule has 1 fully saturated rings. The van der Waals surface area contributed by atoms with E-state index in [9.17, 15) is 9.00 Å². The number of carbonyl (C=O) groups excluding carboxylic acids is 1. The molecule has 1 aliphatic carbocycles. The Balaban J connectivity index is 2.80. The second kappa shape index (κ2) is 6.59. The highest BCUT2D eigenvalue weighted by atomic mass is 32.2. The standard InChI is InChI=1S/C16H28N2O3S/c1-8-9-12(18-22(20)15(5,6)7)16(10-11-16)17-13(19)21-14(2,3)4/h12,18H,10-11H2,1-7H3,(H,17,19). The predicted molar refractivity (Wildman–Crippen MR) is 89.6 cm³/mol. The summed E-state index contributed by atoms with van der Waals surface area (Å²) in [7, 11) is -1.25. The normalized spacial score (nSPS) is 19.4. The number of nitrogens with one attached hydrogen (secondary N) is 2. The molecule has 1 amide bonds. The van der Waals surface area contributed by atoms with Crippen molar-refractivity contribution in [2.24, 2.45) is 0 Å². The lowest BCUT2D eigenvalue weighted by Gasteiger charge is -2.29. The lowest BCUT2D eigenvalue weighted by molar-refractivity contribution is 0.0491. The fourth-order valence-corrected chi connectivity index (χ4v) is 2.69. The van der Waals surface area contributed by atoms with Crippen molar-refractivity contribution in [2.75, 3.05) is 0 Å². The molecular formula is C16H28N2O3S. The van der Waals surface area contributed by atoms with E-state index < -0.39 is 33.0 Å². The van der Waals surface area contributed by atoms with Crippen molar-refractivity contribution in [2.45, 2.75) is 83.2 Å². The molecule has 5 nitrogen and oxygen atoms in total. The monoisotopic (exact) mass is 328 g/mol. The molecule has 0 aromatic heterocycles. The van der Waals surface area contributed by atoms with Crippen LogP contribution in [0.5, 0.6) is 0 Å². The van der Waals surface area contributed by atoms with Crippen LogP contribution in [0.3, 0.4) is 0 Å². The van der Waals surface area contributed by atoms with E-state index in [1.807, 2.05) is 41.5 Å². The third-order valence-electron chi connectivity index (χ3n) is 3.16. The highest BCUT2D eigenvalue weighted by Gasteiger charge is 2.52. The molecule has 2 atom stereocenters. The maximum Gasteiger partial charge on any atom is 0.408 e. The lowest BCUT2D eigenvalue weighted by Crippen LogP contribution is -2.54. The number of hydrogen-bond donors (Lipinski definition) is 2. The van der Waals surface area contributed by atoms with Crippen molar-refractivity contribution in [3.63, 3.8) is 0 Å². The van der Waals surface area contributed by atoms with E-state index in [1.54, 1.807) is 6.92 Å². The fraction of sp³-hybridized carbons (Fsp3) is 0.812. The predicted octanol–water partition coefficient (Wildman–Crippen LogP) is 2.49. The first-order valence-corrected chi connectivity index (χ1v) is 8.66. The fourth-order valence-electron chi connectivity index (χ4n) is 1.84. The minimum absolute atomic E-state index is 0.356. The van der Waals surface area contributed by atoms with Crippen LogP contribution in [0, 0.1) is 11.8 Å². The third-order valence-corrected chi connectivity index (χ3v) is 4.72. The summed E-state index contributed by atoms with van der Waals surface area (Å²) in [6.07, 6.45) is 1.12. The number of alkyl carbamates (subject to hydrolysis) is 1. The molecule has 0 aromatic rings. The Morgan fingerprint density at radius 2 is 1.77 bits per heavy atom. The van der Waals surface area contributed by atoms with E-state index >= 15 is 0 Å². The van der Waals surface area contributed by atoms with E-state index in [4.69, 9.17) is 4.74 Å². The molecule has 126 valence electrons. The van der Waals surface area contributed by atoms with Crippen LogP contribution in [0.2, 0.25) is 0 Å². The van der Waals surface area contributed by atoms with Crippen molar-refractivity contribution in [3.05, 3.63) is 0 Å². The van der Waals surface area contributed by atoms with Gasteiger partial charge in [-0.3, -0.25) is 0 Å². The average Bonchev–Trinajstić information content (AvgIpc) is 3.05. The Morgan fingerprint density at radius 1 is 1.23 bits per heavy atom. The Morgan fingerprint density at radius 3 is 2.14 bits per heavy atom. The van der Waals surface area contributed by atoms with Crippen molar-refractivity contribution in [1.82, 2.24) is 10.0 Å². The van der Waals surface area contributed by atoms with Gasteiger partial charge in [0.2, 0.25) is 0 Å². The van der Waals surface area contributed by atoms with E-state index in [0.717, 1.165) is 12.8 Å². The second-order valence-corrected chi connectivity index (χ2v) is 9.61. The maximum absolute atomic E-state index is 12.3. The van der Waals surface area contributed by atoms with Gasteiger partial charge >= 0.3 is 6.09 Å². The summed E-state index contributed by atoms with van der Waals surface area (Å²) in [6.45, 7) is 12.9. The number of hydrogen-bond acceptors (Lipinski definition) is 3. The van der Waals surface area contributed by atoms with Gasteiger partial charge in [0.25, 0.3) is 0 Å². The quantitative estimate of drug-likeness (QED) is 0.779. The summed E-state index contributed by atoms with van der Waals surface area (Å²) >= 11 is 0. The first-order valence-electron chi connectivity index (χ1n) is 7.51. The van der Waals surface area contributed by atoms with Crippen LogP contribution in [-0.2, 0) is 15.7 Å². The second-order valence-electron chi connectivity index (χ2n) is 7.61. The molecule has 1 saturated carbocycles. The molecule has 22 heavy (non-hydrogen) atoms. The molecule has 0 saturated heterocycles. The van der Waals surface area contributed by atoms with Gasteiger partial charge in [-0.2, -0.15) is 0 Å². The largest absolute Gasteiger partial charge is 0.444 e. The van der Waals surface area contributed by atoms with Crippen LogP contribution in [-0.4, -0.2) is 32.2 Å². The zero-order chi connectivity index (χ0) is 17.2. The van der Waals surface area contributed by atoms with Gasteiger partial charge in [0.1, 0.15) is 11.6 Å². The van der Waals surface area contributed by atoms with E-state index in [2.05, 4.69) is 21.9 Å². The first kappa shape index (κ1) is 19.0. The van der Waals surface area contributed by atoms with Gasteiger partial charge < -0.3 is 10.1 Å². The summed E-state index contributed by atoms with van der Waals surface area (Å²) in [4.78, 5) is 12.0. The smallest absolute Gasteiger partial charge is 0.408 e. The van der Waals surface area contributed by atoms with E-state index in [0.29, 0.717) is 0 Å². The molecule has 1 aliphatic rings. The zero-order valence-electron chi connectivity index (χ0n) is 14.6. The molecule has 0 radical (unpaired) electrons. The van der Waals surface area contributed by atoms with Crippen LogP contribution >= 0.6 is 0 Å². The van der Waals surface area contributed by atoms with Gasteiger partial charge in [0.05, 0.1) is 21.3 Å². The number of carbonyl (C=O) groups is 1. The number of amides is 1.